The first-order valence-electron chi connectivity index (χ1n) is 9.77. The van der Waals surface area contributed by atoms with Gasteiger partial charge in [0.15, 0.2) is 5.65 Å². The number of rotatable bonds is 8. The van der Waals surface area contributed by atoms with E-state index in [0.29, 0.717) is 5.02 Å². The highest BCUT2D eigenvalue weighted by Gasteiger charge is 2.18. The van der Waals surface area contributed by atoms with Gasteiger partial charge in [-0.05, 0) is 31.0 Å². The van der Waals surface area contributed by atoms with Gasteiger partial charge in [0.1, 0.15) is 12.1 Å². The van der Waals surface area contributed by atoms with Crippen molar-refractivity contribution < 1.29 is 4.74 Å². The Morgan fingerprint density at radius 1 is 1.03 bits per heavy atom. The van der Waals surface area contributed by atoms with Crippen molar-refractivity contribution in [1.29, 1.82) is 0 Å². The fourth-order valence-electron chi connectivity index (χ4n) is 3.39. The quantitative estimate of drug-likeness (QED) is 0.388. The average Bonchev–Trinajstić information content (AvgIpc) is 3.15. The molecular formula is C23H23ClN4O. The maximum atomic E-state index is 6.49. The Balaban J connectivity index is 1.82. The Labute approximate surface area is 175 Å². The van der Waals surface area contributed by atoms with Gasteiger partial charge in [-0.25, -0.2) is 9.97 Å². The summed E-state index contributed by atoms with van der Waals surface area (Å²) in [5, 5.41) is 5.12. The van der Waals surface area contributed by atoms with E-state index in [1.165, 1.54) is 0 Å². The molecule has 2 aromatic carbocycles. The van der Waals surface area contributed by atoms with Crippen molar-refractivity contribution in [3.05, 3.63) is 72.1 Å². The van der Waals surface area contributed by atoms with Gasteiger partial charge in [-0.2, -0.15) is 0 Å². The van der Waals surface area contributed by atoms with Gasteiger partial charge in [-0.15, -0.1) is 0 Å². The second-order valence-electron chi connectivity index (χ2n) is 6.63. The molecule has 4 rings (SSSR count). The molecule has 148 valence electrons. The number of para-hydroxylation sites is 1. The van der Waals surface area contributed by atoms with Crippen molar-refractivity contribution in [2.24, 2.45) is 0 Å². The predicted molar refractivity (Wildman–Crippen MR) is 119 cm³/mol. The summed E-state index contributed by atoms with van der Waals surface area (Å²) in [6.07, 6.45) is 4.59. The highest BCUT2D eigenvalue weighted by atomic mass is 35.5. The molecule has 0 atom stereocenters. The van der Waals surface area contributed by atoms with Crippen LogP contribution in [0.1, 0.15) is 13.3 Å². The van der Waals surface area contributed by atoms with Crippen molar-refractivity contribution in [3.8, 4) is 16.8 Å². The van der Waals surface area contributed by atoms with Crippen LogP contribution in [0, 0.1) is 0 Å². The summed E-state index contributed by atoms with van der Waals surface area (Å²) in [4.78, 5) is 9.12. The van der Waals surface area contributed by atoms with Crippen LogP contribution in [0.5, 0.6) is 0 Å². The van der Waals surface area contributed by atoms with Crippen LogP contribution in [-0.2, 0) is 4.74 Å². The fourth-order valence-corrected chi connectivity index (χ4v) is 3.62. The molecule has 0 saturated heterocycles. The van der Waals surface area contributed by atoms with Crippen LogP contribution in [0.4, 0.5) is 5.82 Å². The molecule has 4 aromatic rings. The summed E-state index contributed by atoms with van der Waals surface area (Å²) in [7, 11) is 0. The summed E-state index contributed by atoms with van der Waals surface area (Å²) < 4.78 is 7.47. The normalized spacial score (nSPS) is 11.1. The number of nitrogens with zero attached hydrogens (tertiary/aromatic N) is 3. The number of hydrogen-bond donors (Lipinski definition) is 1. The highest BCUT2D eigenvalue weighted by Crippen LogP contribution is 2.36. The van der Waals surface area contributed by atoms with Crippen LogP contribution in [0.25, 0.3) is 27.8 Å². The molecule has 0 aliphatic heterocycles. The Bertz CT molecular complexity index is 1090. The SMILES string of the molecule is CCOCCCNc1ncnc2c1c(-c1ccccc1)cn2-c1ccccc1Cl. The van der Waals surface area contributed by atoms with Crippen LogP contribution in [0.15, 0.2) is 67.1 Å². The minimum Gasteiger partial charge on any atom is -0.382 e. The number of benzene rings is 2. The number of aromatic nitrogens is 3. The van der Waals surface area contributed by atoms with Crippen molar-refractivity contribution in [1.82, 2.24) is 14.5 Å². The van der Waals surface area contributed by atoms with Gasteiger partial charge in [0, 0.05) is 31.5 Å². The van der Waals surface area contributed by atoms with E-state index in [9.17, 15) is 0 Å². The minimum atomic E-state index is 0.675. The fraction of sp³-hybridized carbons (Fsp3) is 0.217. The van der Waals surface area contributed by atoms with Gasteiger partial charge in [0.05, 0.1) is 16.1 Å². The van der Waals surface area contributed by atoms with Crippen LogP contribution in [0.3, 0.4) is 0 Å². The molecular weight excluding hydrogens is 384 g/mol. The third-order valence-corrected chi connectivity index (χ3v) is 5.06. The smallest absolute Gasteiger partial charge is 0.150 e. The van der Waals surface area contributed by atoms with E-state index in [2.05, 4.69) is 33.6 Å². The number of fused-ring (bicyclic) bond motifs is 1. The molecule has 0 saturated carbocycles. The van der Waals surface area contributed by atoms with Gasteiger partial charge in [-0.1, -0.05) is 54.1 Å². The third-order valence-electron chi connectivity index (χ3n) is 4.74. The molecule has 29 heavy (non-hydrogen) atoms. The van der Waals surface area contributed by atoms with Gasteiger partial charge in [0.2, 0.25) is 0 Å². The molecule has 2 aromatic heterocycles. The zero-order chi connectivity index (χ0) is 20.1. The van der Waals surface area contributed by atoms with Gasteiger partial charge < -0.3 is 10.1 Å². The number of halogens is 1. The highest BCUT2D eigenvalue weighted by molar-refractivity contribution is 6.32. The largest absolute Gasteiger partial charge is 0.382 e. The Kier molecular flexibility index (Phi) is 6.08. The molecule has 0 fully saturated rings. The van der Waals surface area contributed by atoms with Gasteiger partial charge in [0.25, 0.3) is 0 Å². The number of ether oxygens (including phenoxy) is 1. The summed E-state index contributed by atoms with van der Waals surface area (Å²) in [5.41, 5.74) is 3.88. The molecule has 0 aliphatic carbocycles. The lowest BCUT2D eigenvalue weighted by atomic mass is 10.1. The zero-order valence-corrected chi connectivity index (χ0v) is 17.1. The van der Waals surface area contributed by atoms with Crippen molar-refractivity contribution in [3.63, 3.8) is 0 Å². The molecule has 0 bridgehead atoms. The average molecular weight is 407 g/mol. The Morgan fingerprint density at radius 3 is 2.62 bits per heavy atom. The van der Waals surface area contributed by atoms with Crippen molar-refractivity contribution in [2.45, 2.75) is 13.3 Å². The van der Waals surface area contributed by atoms with Crippen molar-refractivity contribution >= 4 is 28.5 Å². The van der Waals surface area contributed by atoms with E-state index in [4.69, 9.17) is 16.3 Å². The summed E-state index contributed by atoms with van der Waals surface area (Å²) in [6.45, 7) is 4.24. The Morgan fingerprint density at radius 2 is 1.83 bits per heavy atom. The second kappa shape index (κ2) is 9.07. The van der Waals surface area contributed by atoms with E-state index < -0.39 is 0 Å². The number of nitrogens with one attached hydrogen (secondary N) is 1. The molecule has 0 unspecified atom stereocenters. The van der Waals surface area contributed by atoms with Crippen LogP contribution >= 0.6 is 11.6 Å². The summed E-state index contributed by atoms with van der Waals surface area (Å²) >= 11 is 6.49. The van der Waals surface area contributed by atoms with Crippen LogP contribution < -0.4 is 5.32 Å². The molecule has 1 N–H and O–H groups in total. The molecule has 0 amide bonds. The van der Waals surface area contributed by atoms with E-state index in [0.717, 1.165) is 59.8 Å². The molecule has 2 heterocycles. The summed E-state index contributed by atoms with van der Waals surface area (Å²) in [6, 6.07) is 18.1. The lowest BCUT2D eigenvalue weighted by Crippen LogP contribution is -2.07. The molecule has 0 aliphatic rings. The maximum absolute atomic E-state index is 6.49. The topological polar surface area (TPSA) is 52.0 Å². The second-order valence-corrected chi connectivity index (χ2v) is 7.04. The van der Waals surface area contributed by atoms with Gasteiger partial charge >= 0.3 is 0 Å². The van der Waals surface area contributed by atoms with E-state index in [1.54, 1.807) is 6.33 Å². The molecule has 5 nitrogen and oxygen atoms in total. The minimum absolute atomic E-state index is 0.675. The van der Waals surface area contributed by atoms with Crippen LogP contribution in [-0.4, -0.2) is 34.3 Å². The molecule has 6 heteroatoms. The van der Waals surface area contributed by atoms with Crippen molar-refractivity contribution in [2.75, 3.05) is 25.1 Å². The maximum Gasteiger partial charge on any atom is 0.150 e. The first kappa shape index (κ1) is 19.4. The monoisotopic (exact) mass is 406 g/mol. The first-order valence-corrected chi connectivity index (χ1v) is 10.2. The predicted octanol–water partition coefficient (Wildman–Crippen LogP) is 5.58. The van der Waals surface area contributed by atoms with E-state index >= 15 is 0 Å². The number of hydrogen-bond acceptors (Lipinski definition) is 4. The lowest BCUT2D eigenvalue weighted by Gasteiger charge is -2.09. The lowest BCUT2D eigenvalue weighted by molar-refractivity contribution is 0.147. The van der Waals surface area contributed by atoms with Gasteiger partial charge in [-0.3, -0.25) is 4.57 Å². The number of anilines is 1. The van der Waals surface area contributed by atoms with E-state index in [-0.39, 0.29) is 0 Å². The third kappa shape index (κ3) is 4.11. The zero-order valence-electron chi connectivity index (χ0n) is 16.3. The summed E-state index contributed by atoms with van der Waals surface area (Å²) in [5.74, 6) is 0.816. The Hall–Kier alpha value is -2.89. The molecule has 0 spiro atoms. The first-order chi connectivity index (χ1) is 14.3. The van der Waals surface area contributed by atoms with Crippen LogP contribution in [0.2, 0.25) is 5.02 Å². The molecule has 0 radical (unpaired) electrons. The van der Waals surface area contributed by atoms with E-state index in [1.807, 2.05) is 54.0 Å². The standard InChI is InChI=1S/C23H23ClN4O/c1-2-29-14-8-13-25-22-21-18(17-9-4-3-5-10-17)15-28(23(21)27-16-26-22)20-12-7-6-11-19(20)24/h3-7,9-12,15-16H,2,8,13-14H2,1H3,(H,25,26,27).